The molecule has 1 aliphatic carbocycles. The lowest BCUT2D eigenvalue weighted by Crippen LogP contribution is -2.30. The first-order chi connectivity index (χ1) is 13.5. The van der Waals surface area contributed by atoms with E-state index in [1.807, 2.05) is 36.4 Å². The SMILES string of the molecule is Cc1nnc(C(Cc2ccccc2)NS(=O)(=O)c2ccc3c(c2)CCCC3)o1. The van der Waals surface area contributed by atoms with Gasteiger partial charge in [0, 0.05) is 6.92 Å². The van der Waals surface area contributed by atoms with Gasteiger partial charge in [0.25, 0.3) is 0 Å². The Hall–Kier alpha value is -2.51. The summed E-state index contributed by atoms with van der Waals surface area (Å²) in [6.45, 7) is 1.69. The fraction of sp³-hybridized carbons (Fsp3) is 0.333. The van der Waals surface area contributed by atoms with E-state index < -0.39 is 16.1 Å². The van der Waals surface area contributed by atoms with Crippen molar-refractivity contribution in [2.24, 2.45) is 0 Å². The molecule has 0 saturated heterocycles. The van der Waals surface area contributed by atoms with Crippen LogP contribution in [0.4, 0.5) is 0 Å². The number of aromatic nitrogens is 2. The average Bonchev–Trinajstić information content (AvgIpc) is 3.14. The third kappa shape index (κ3) is 4.15. The molecule has 0 fully saturated rings. The summed E-state index contributed by atoms with van der Waals surface area (Å²) in [5.41, 5.74) is 3.36. The summed E-state index contributed by atoms with van der Waals surface area (Å²) in [4.78, 5) is 0.280. The first kappa shape index (κ1) is 18.8. The van der Waals surface area contributed by atoms with Crippen molar-refractivity contribution in [2.45, 2.75) is 50.0 Å². The van der Waals surface area contributed by atoms with Crippen LogP contribution in [-0.4, -0.2) is 18.6 Å². The third-order valence-electron chi connectivity index (χ3n) is 5.05. The number of sulfonamides is 1. The second-order valence-electron chi connectivity index (χ2n) is 7.16. The molecule has 1 unspecified atom stereocenters. The standard InChI is InChI=1S/C21H23N3O3S/c1-15-22-23-21(27-15)20(13-16-7-3-2-4-8-16)24-28(25,26)19-12-11-17-9-5-6-10-18(17)14-19/h2-4,7-8,11-12,14,20,24H,5-6,9-10,13H2,1H3. The normalized spacial score (nSPS) is 15.2. The van der Waals surface area contributed by atoms with E-state index in [1.165, 1.54) is 5.56 Å². The Morgan fingerprint density at radius 1 is 1.04 bits per heavy atom. The van der Waals surface area contributed by atoms with E-state index in [0.717, 1.165) is 36.8 Å². The molecule has 7 heteroatoms. The predicted octanol–water partition coefficient (Wildman–Crippen LogP) is 3.52. The summed E-state index contributed by atoms with van der Waals surface area (Å²) in [6, 6.07) is 14.4. The van der Waals surface area contributed by atoms with E-state index in [2.05, 4.69) is 14.9 Å². The molecule has 1 atom stereocenters. The first-order valence-corrected chi connectivity index (χ1v) is 11.0. The predicted molar refractivity (Wildman–Crippen MR) is 105 cm³/mol. The quantitative estimate of drug-likeness (QED) is 0.688. The molecule has 0 amide bonds. The van der Waals surface area contributed by atoms with Crippen LogP contribution in [0.15, 0.2) is 57.8 Å². The van der Waals surface area contributed by atoms with Crippen molar-refractivity contribution >= 4 is 10.0 Å². The molecule has 6 nitrogen and oxygen atoms in total. The summed E-state index contributed by atoms with van der Waals surface area (Å²) in [6.07, 6.45) is 4.62. The maximum absolute atomic E-state index is 13.1. The minimum absolute atomic E-state index is 0.267. The highest BCUT2D eigenvalue weighted by molar-refractivity contribution is 7.89. The fourth-order valence-electron chi connectivity index (χ4n) is 3.61. The Balaban J connectivity index is 1.63. The molecule has 0 aliphatic heterocycles. The molecule has 1 heterocycles. The summed E-state index contributed by atoms with van der Waals surface area (Å²) in [7, 11) is -3.73. The smallest absolute Gasteiger partial charge is 0.241 e. The van der Waals surface area contributed by atoms with Gasteiger partial charge in [-0.15, -0.1) is 10.2 Å². The minimum atomic E-state index is -3.73. The number of rotatable bonds is 6. The summed E-state index contributed by atoms with van der Waals surface area (Å²) in [5, 5.41) is 7.90. The maximum Gasteiger partial charge on any atom is 0.241 e. The van der Waals surface area contributed by atoms with E-state index in [9.17, 15) is 8.42 Å². The zero-order chi connectivity index (χ0) is 19.6. The van der Waals surface area contributed by atoms with Gasteiger partial charge in [-0.3, -0.25) is 0 Å². The van der Waals surface area contributed by atoms with Gasteiger partial charge < -0.3 is 4.42 Å². The summed E-state index contributed by atoms with van der Waals surface area (Å²) < 4.78 is 34.5. The molecule has 146 valence electrons. The van der Waals surface area contributed by atoms with Crippen molar-refractivity contribution < 1.29 is 12.8 Å². The molecule has 0 bridgehead atoms. The van der Waals surface area contributed by atoms with Crippen molar-refractivity contribution in [1.82, 2.24) is 14.9 Å². The van der Waals surface area contributed by atoms with Crippen LogP contribution in [0.1, 0.15) is 47.4 Å². The van der Waals surface area contributed by atoms with E-state index in [0.29, 0.717) is 12.3 Å². The Morgan fingerprint density at radius 2 is 1.79 bits per heavy atom. The Labute approximate surface area is 165 Å². The van der Waals surface area contributed by atoms with Gasteiger partial charge in [0.2, 0.25) is 21.8 Å². The van der Waals surface area contributed by atoms with Crippen molar-refractivity contribution in [3.63, 3.8) is 0 Å². The molecule has 0 radical (unpaired) electrons. The van der Waals surface area contributed by atoms with Gasteiger partial charge in [-0.2, -0.15) is 4.72 Å². The van der Waals surface area contributed by atoms with Crippen LogP contribution in [0.3, 0.4) is 0 Å². The first-order valence-electron chi connectivity index (χ1n) is 9.49. The monoisotopic (exact) mass is 397 g/mol. The van der Waals surface area contributed by atoms with Gasteiger partial charge in [0.15, 0.2) is 0 Å². The largest absolute Gasteiger partial charge is 0.424 e. The highest BCUT2D eigenvalue weighted by Crippen LogP contribution is 2.26. The number of hydrogen-bond acceptors (Lipinski definition) is 5. The lowest BCUT2D eigenvalue weighted by molar-refractivity contribution is 0.411. The van der Waals surface area contributed by atoms with Gasteiger partial charge in [-0.25, -0.2) is 8.42 Å². The van der Waals surface area contributed by atoms with E-state index in [-0.39, 0.29) is 10.8 Å². The van der Waals surface area contributed by atoms with Crippen molar-refractivity contribution in [2.75, 3.05) is 0 Å². The molecular formula is C21H23N3O3S. The topological polar surface area (TPSA) is 85.1 Å². The number of nitrogens with one attached hydrogen (secondary N) is 1. The van der Waals surface area contributed by atoms with Crippen molar-refractivity contribution in [3.05, 3.63) is 77.0 Å². The van der Waals surface area contributed by atoms with Gasteiger partial charge in [0.05, 0.1) is 4.90 Å². The molecular weight excluding hydrogens is 374 g/mol. The Bertz CT molecular complexity index is 1060. The Kier molecular flexibility index (Phi) is 5.28. The summed E-state index contributed by atoms with van der Waals surface area (Å²) in [5.74, 6) is 0.670. The molecule has 1 N–H and O–H groups in total. The summed E-state index contributed by atoms with van der Waals surface area (Å²) >= 11 is 0. The second kappa shape index (κ2) is 7.85. The molecule has 1 aliphatic rings. The van der Waals surface area contributed by atoms with Crippen LogP contribution in [-0.2, 0) is 29.3 Å². The number of nitrogens with zero attached hydrogens (tertiary/aromatic N) is 2. The van der Waals surface area contributed by atoms with Crippen LogP contribution in [0.5, 0.6) is 0 Å². The van der Waals surface area contributed by atoms with Gasteiger partial charge in [-0.05, 0) is 60.9 Å². The zero-order valence-corrected chi connectivity index (χ0v) is 16.6. The zero-order valence-electron chi connectivity index (χ0n) is 15.8. The Morgan fingerprint density at radius 3 is 2.50 bits per heavy atom. The average molecular weight is 398 g/mol. The van der Waals surface area contributed by atoms with E-state index in [4.69, 9.17) is 4.42 Å². The lowest BCUT2D eigenvalue weighted by Gasteiger charge is -2.19. The van der Waals surface area contributed by atoms with Crippen LogP contribution in [0, 0.1) is 6.92 Å². The molecule has 4 rings (SSSR count). The molecule has 3 aromatic rings. The third-order valence-corrected chi connectivity index (χ3v) is 6.52. The highest BCUT2D eigenvalue weighted by Gasteiger charge is 2.26. The number of aryl methyl sites for hydroxylation is 3. The molecule has 2 aromatic carbocycles. The molecule has 1 aromatic heterocycles. The minimum Gasteiger partial charge on any atom is -0.424 e. The highest BCUT2D eigenvalue weighted by atomic mass is 32.2. The van der Waals surface area contributed by atoms with Crippen LogP contribution >= 0.6 is 0 Å². The van der Waals surface area contributed by atoms with Crippen LogP contribution in [0.25, 0.3) is 0 Å². The second-order valence-corrected chi connectivity index (χ2v) is 8.87. The van der Waals surface area contributed by atoms with Crippen molar-refractivity contribution in [1.29, 1.82) is 0 Å². The van der Waals surface area contributed by atoms with E-state index in [1.54, 1.807) is 19.1 Å². The fourth-order valence-corrected chi connectivity index (χ4v) is 4.85. The molecule has 0 spiro atoms. The lowest BCUT2D eigenvalue weighted by atomic mass is 9.92. The van der Waals surface area contributed by atoms with Gasteiger partial charge >= 0.3 is 0 Å². The molecule has 0 saturated carbocycles. The molecule has 28 heavy (non-hydrogen) atoms. The van der Waals surface area contributed by atoms with Crippen LogP contribution < -0.4 is 4.72 Å². The van der Waals surface area contributed by atoms with Gasteiger partial charge in [-0.1, -0.05) is 36.4 Å². The number of hydrogen-bond donors (Lipinski definition) is 1. The van der Waals surface area contributed by atoms with Crippen molar-refractivity contribution in [3.8, 4) is 0 Å². The maximum atomic E-state index is 13.1. The number of fused-ring (bicyclic) bond motifs is 1. The van der Waals surface area contributed by atoms with E-state index >= 15 is 0 Å². The number of benzene rings is 2. The van der Waals surface area contributed by atoms with Gasteiger partial charge in [0.1, 0.15) is 6.04 Å². The van der Waals surface area contributed by atoms with Crippen LogP contribution in [0.2, 0.25) is 0 Å².